The molecule has 2 aromatic carbocycles. The van der Waals surface area contributed by atoms with Crippen molar-refractivity contribution in [2.45, 2.75) is 18.7 Å². The Morgan fingerprint density at radius 1 is 0.929 bits per heavy atom. The van der Waals surface area contributed by atoms with Crippen molar-refractivity contribution in [2.24, 2.45) is 0 Å². The van der Waals surface area contributed by atoms with Gasteiger partial charge in [0, 0.05) is 25.8 Å². The lowest BCUT2D eigenvalue weighted by atomic mass is 10.3. The van der Waals surface area contributed by atoms with E-state index in [0.717, 1.165) is 5.69 Å². The number of hydrogen-bond donors (Lipinski definition) is 0. The molecule has 0 N–H and O–H groups in total. The monoisotopic (exact) mass is 406 g/mol. The average molecular weight is 407 g/mol. The van der Waals surface area contributed by atoms with Gasteiger partial charge >= 0.3 is 0 Å². The molecule has 0 aliphatic heterocycles. The fourth-order valence-corrected chi connectivity index (χ4v) is 4.07. The number of benzene rings is 2. The Morgan fingerprint density at radius 2 is 1.46 bits per heavy atom. The molecule has 0 saturated heterocycles. The van der Waals surface area contributed by atoms with Crippen LogP contribution in [0, 0.1) is 0 Å². The second-order valence-electron chi connectivity index (χ2n) is 6.00. The summed E-state index contributed by atoms with van der Waals surface area (Å²) in [6, 6.07) is 13.2. The topological polar surface area (TPSA) is 76.2 Å². The van der Waals surface area contributed by atoms with Gasteiger partial charge in [0.05, 0.1) is 12.0 Å². The van der Waals surface area contributed by atoms with Crippen molar-refractivity contribution in [1.82, 2.24) is 4.31 Å². The third-order valence-corrected chi connectivity index (χ3v) is 6.43. The van der Waals surface area contributed by atoms with Crippen molar-refractivity contribution in [1.29, 1.82) is 0 Å². The van der Waals surface area contributed by atoms with Gasteiger partial charge in [0.25, 0.3) is 5.91 Å². The van der Waals surface area contributed by atoms with Crippen LogP contribution in [0.15, 0.2) is 53.4 Å². The maximum absolute atomic E-state index is 12.5. The van der Waals surface area contributed by atoms with Crippen LogP contribution in [0.3, 0.4) is 0 Å². The largest absolute Gasteiger partial charge is 0.497 e. The summed E-state index contributed by atoms with van der Waals surface area (Å²) < 4.78 is 37.0. The summed E-state index contributed by atoms with van der Waals surface area (Å²) in [5, 5.41) is 0. The zero-order valence-electron chi connectivity index (χ0n) is 16.6. The normalized spacial score (nSPS) is 11.3. The zero-order valence-corrected chi connectivity index (χ0v) is 17.4. The number of anilines is 1. The third kappa shape index (κ3) is 5.02. The number of sulfonamides is 1. The van der Waals surface area contributed by atoms with Gasteiger partial charge in [-0.2, -0.15) is 4.31 Å². The Kier molecular flexibility index (Phi) is 7.42. The molecule has 1 amide bonds. The molecule has 152 valence electrons. The molecule has 0 spiro atoms. The van der Waals surface area contributed by atoms with Gasteiger partial charge in [0.1, 0.15) is 11.5 Å². The molecule has 2 aromatic rings. The van der Waals surface area contributed by atoms with Gasteiger partial charge in [-0.05, 0) is 48.5 Å². The van der Waals surface area contributed by atoms with E-state index >= 15 is 0 Å². The molecule has 0 heterocycles. The van der Waals surface area contributed by atoms with Gasteiger partial charge in [-0.15, -0.1) is 0 Å². The second-order valence-corrected chi connectivity index (χ2v) is 7.94. The molecular weight excluding hydrogens is 380 g/mol. The molecule has 7 nitrogen and oxygen atoms in total. The van der Waals surface area contributed by atoms with Crippen molar-refractivity contribution in [2.75, 3.05) is 38.8 Å². The van der Waals surface area contributed by atoms with Gasteiger partial charge in [-0.3, -0.25) is 4.79 Å². The first-order valence-electron chi connectivity index (χ1n) is 8.97. The molecule has 0 aromatic heterocycles. The molecule has 0 bridgehead atoms. The number of hydrogen-bond acceptors (Lipinski definition) is 5. The predicted octanol–water partition coefficient (Wildman–Crippen LogP) is 2.77. The van der Waals surface area contributed by atoms with Crippen molar-refractivity contribution in [3.8, 4) is 11.5 Å². The predicted molar refractivity (Wildman–Crippen MR) is 108 cm³/mol. The van der Waals surface area contributed by atoms with Gasteiger partial charge < -0.3 is 14.4 Å². The van der Waals surface area contributed by atoms with E-state index < -0.39 is 10.0 Å². The summed E-state index contributed by atoms with van der Waals surface area (Å²) in [5.74, 6) is 0.903. The fraction of sp³-hybridized carbons (Fsp3) is 0.350. The minimum atomic E-state index is -3.51. The van der Waals surface area contributed by atoms with Crippen molar-refractivity contribution >= 4 is 21.6 Å². The van der Waals surface area contributed by atoms with Crippen LogP contribution in [0.25, 0.3) is 0 Å². The summed E-state index contributed by atoms with van der Waals surface area (Å²) >= 11 is 0. The summed E-state index contributed by atoms with van der Waals surface area (Å²) in [7, 11) is -0.273. The molecule has 8 heteroatoms. The van der Waals surface area contributed by atoms with Crippen LogP contribution in [-0.4, -0.2) is 52.5 Å². The Bertz CT molecular complexity index is 876. The smallest absolute Gasteiger partial charge is 0.264 e. The zero-order chi connectivity index (χ0) is 20.7. The molecule has 0 radical (unpaired) electrons. The van der Waals surface area contributed by atoms with E-state index in [0.29, 0.717) is 24.6 Å². The highest BCUT2D eigenvalue weighted by Gasteiger charge is 2.21. The summed E-state index contributed by atoms with van der Waals surface area (Å²) in [6.07, 6.45) is 0. The minimum absolute atomic E-state index is 0.162. The van der Waals surface area contributed by atoms with Crippen LogP contribution in [-0.2, 0) is 14.8 Å². The molecule has 0 aliphatic carbocycles. The number of nitrogens with zero attached hydrogens (tertiary/aromatic N) is 2. The Labute approximate surface area is 166 Å². The fourth-order valence-electron chi connectivity index (χ4n) is 2.61. The van der Waals surface area contributed by atoms with E-state index in [2.05, 4.69) is 0 Å². The molecule has 0 unspecified atom stereocenters. The van der Waals surface area contributed by atoms with E-state index in [1.54, 1.807) is 64.4 Å². The number of methoxy groups -OCH3 is 1. The van der Waals surface area contributed by atoms with Gasteiger partial charge in [-0.25, -0.2) is 8.42 Å². The number of ether oxygens (including phenoxy) is 2. The van der Waals surface area contributed by atoms with E-state index in [9.17, 15) is 13.2 Å². The highest BCUT2D eigenvalue weighted by atomic mass is 32.2. The van der Waals surface area contributed by atoms with E-state index in [1.165, 1.54) is 21.3 Å². The first-order valence-corrected chi connectivity index (χ1v) is 10.4. The van der Waals surface area contributed by atoms with Crippen molar-refractivity contribution < 1.29 is 22.7 Å². The Morgan fingerprint density at radius 3 is 1.96 bits per heavy atom. The average Bonchev–Trinajstić information content (AvgIpc) is 2.72. The minimum Gasteiger partial charge on any atom is -0.497 e. The lowest BCUT2D eigenvalue weighted by Gasteiger charge is -2.19. The lowest BCUT2D eigenvalue weighted by Crippen LogP contribution is -2.31. The number of likely N-dealkylation sites (N-methyl/N-ethyl adjacent to an activating group) is 1. The van der Waals surface area contributed by atoms with Gasteiger partial charge in [0.15, 0.2) is 6.61 Å². The highest BCUT2D eigenvalue weighted by Crippen LogP contribution is 2.21. The van der Waals surface area contributed by atoms with Crippen LogP contribution < -0.4 is 14.4 Å². The maximum atomic E-state index is 12.5. The van der Waals surface area contributed by atoms with Gasteiger partial charge in [0.2, 0.25) is 10.0 Å². The number of rotatable bonds is 9. The van der Waals surface area contributed by atoms with E-state index in [4.69, 9.17) is 9.47 Å². The van der Waals surface area contributed by atoms with Crippen LogP contribution in [0.1, 0.15) is 13.8 Å². The summed E-state index contributed by atoms with van der Waals surface area (Å²) in [6.45, 7) is 4.24. The maximum Gasteiger partial charge on any atom is 0.264 e. The molecule has 28 heavy (non-hydrogen) atoms. The number of amides is 1. The van der Waals surface area contributed by atoms with Crippen LogP contribution in [0.2, 0.25) is 0 Å². The molecule has 0 aliphatic rings. The Hall–Kier alpha value is -2.58. The van der Waals surface area contributed by atoms with Crippen LogP contribution in [0.4, 0.5) is 5.69 Å². The van der Waals surface area contributed by atoms with E-state index in [-0.39, 0.29) is 17.4 Å². The van der Waals surface area contributed by atoms with Crippen molar-refractivity contribution in [3.63, 3.8) is 0 Å². The van der Waals surface area contributed by atoms with E-state index in [1.807, 2.05) is 0 Å². The quantitative estimate of drug-likeness (QED) is 0.640. The second kappa shape index (κ2) is 9.57. The molecule has 0 atom stereocenters. The summed E-state index contributed by atoms with van der Waals surface area (Å²) in [5.41, 5.74) is 0.718. The molecule has 2 rings (SSSR count). The number of carbonyl (C=O) groups excluding carboxylic acids is 1. The lowest BCUT2D eigenvalue weighted by molar-refractivity contribution is -0.120. The third-order valence-electron chi connectivity index (χ3n) is 4.36. The number of carbonyl (C=O) groups is 1. The molecule has 0 saturated carbocycles. The molecule has 0 fully saturated rings. The first-order chi connectivity index (χ1) is 13.3. The Balaban J connectivity index is 1.99. The van der Waals surface area contributed by atoms with Crippen LogP contribution in [0.5, 0.6) is 11.5 Å². The standard InChI is InChI=1S/C20H26N2O5S/c1-5-22(6-2)28(24,25)19-13-11-18(12-14-19)27-15-20(23)21(3)16-7-9-17(26-4)10-8-16/h7-14H,5-6,15H2,1-4H3. The molecular formula is C20H26N2O5S. The SMILES string of the molecule is CCN(CC)S(=O)(=O)c1ccc(OCC(=O)N(C)c2ccc(OC)cc2)cc1. The highest BCUT2D eigenvalue weighted by molar-refractivity contribution is 7.89. The summed E-state index contributed by atoms with van der Waals surface area (Å²) in [4.78, 5) is 14.0. The van der Waals surface area contributed by atoms with Gasteiger partial charge in [-0.1, -0.05) is 13.8 Å². The first kappa shape index (κ1) is 21.7. The van der Waals surface area contributed by atoms with Crippen LogP contribution >= 0.6 is 0 Å². The van der Waals surface area contributed by atoms with Crippen molar-refractivity contribution in [3.05, 3.63) is 48.5 Å².